The molecule has 2 fully saturated rings. The molecule has 0 radical (unpaired) electrons. The number of quaternary nitrogens is 1. The lowest BCUT2D eigenvalue weighted by atomic mass is 10.0. The largest absolute Gasteiger partial charge is 0.376 e. The molecule has 9 heteroatoms. The number of nitrogens with zero attached hydrogens (tertiary/aromatic N) is 2. The van der Waals surface area contributed by atoms with E-state index in [1.807, 2.05) is 0 Å². The second kappa shape index (κ2) is 7.89. The molecule has 0 aliphatic carbocycles. The maximum absolute atomic E-state index is 12.7. The molecule has 2 saturated heterocycles. The van der Waals surface area contributed by atoms with Crippen LogP contribution in [-0.4, -0.2) is 56.4 Å². The quantitative estimate of drug-likeness (QED) is 0.561. The highest BCUT2D eigenvalue weighted by Crippen LogP contribution is 2.31. The van der Waals surface area contributed by atoms with Gasteiger partial charge >= 0.3 is 0 Å². The molecule has 2 aliphatic rings. The van der Waals surface area contributed by atoms with Gasteiger partial charge in [0, 0.05) is 38.0 Å². The van der Waals surface area contributed by atoms with Gasteiger partial charge in [0.1, 0.15) is 5.69 Å². The first-order valence-corrected chi connectivity index (χ1v) is 10.7. The minimum absolute atomic E-state index is 0.00176. The molecule has 2 N–H and O–H groups in total. The SMILES string of the molecule is CC[NH+]1CCC(Nc2ccc(S(=O)(=O)N3CCCC3)cc2[N+](=O)[O-])CC1. The van der Waals surface area contributed by atoms with Crippen LogP contribution in [0, 0.1) is 10.1 Å². The minimum atomic E-state index is -3.66. The first-order chi connectivity index (χ1) is 12.4. The average Bonchev–Trinajstić information content (AvgIpc) is 3.18. The standard InChI is InChI=1S/C17H26N4O4S/c1-2-19-11-7-14(8-12-19)18-16-6-5-15(13-17(16)21(22)23)26(24,25)20-9-3-4-10-20/h5-6,13-14,18H,2-4,7-12H2,1H3/p+1. The number of sulfonamides is 1. The molecular weight excluding hydrogens is 356 g/mol. The van der Waals surface area contributed by atoms with Gasteiger partial charge in [-0.1, -0.05) is 0 Å². The fourth-order valence-electron chi connectivity index (χ4n) is 3.77. The van der Waals surface area contributed by atoms with Crippen LogP contribution in [-0.2, 0) is 10.0 Å². The molecule has 2 aliphatic heterocycles. The molecule has 1 aromatic rings. The van der Waals surface area contributed by atoms with Crippen molar-refractivity contribution in [3.63, 3.8) is 0 Å². The Morgan fingerprint density at radius 1 is 1.27 bits per heavy atom. The second-order valence-electron chi connectivity index (χ2n) is 7.07. The number of nitro benzene ring substituents is 1. The number of piperidine rings is 1. The Kier molecular flexibility index (Phi) is 5.79. The summed E-state index contributed by atoms with van der Waals surface area (Å²) in [5.41, 5.74) is 0.232. The van der Waals surface area contributed by atoms with Crippen LogP contribution in [0.3, 0.4) is 0 Å². The maximum Gasteiger partial charge on any atom is 0.293 e. The lowest BCUT2D eigenvalue weighted by Gasteiger charge is -2.29. The smallest absolute Gasteiger partial charge is 0.293 e. The Hall–Kier alpha value is -1.71. The van der Waals surface area contributed by atoms with Gasteiger partial charge < -0.3 is 10.2 Å². The van der Waals surface area contributed by atoms with Gasteiger partial charge in [-0.05, 0) is 31.9 Å². The van der Waals surface area contributed by atoms with Crippen molar-refractivity contribution in [3.05, 3.63) is 28.3 Å². The maximum atomic E-state index is 12.7. The molecule has 0 atom stereocenters. The summed E-state index contributed by atoms with van der Waals surface area (Å²) >= 11 is 0. The summed E-state index contributed by atoms with van der Waals surface area (Å²) in [4.78, 5) is 12.6. The van der Waals surface area contributed by atoms with Crippen molar-refractivity contribution in [1.82, 2.24) is 4.31 Å². The minimum Gasteiger partial charge on any atom is -0.376 e. The Labute approximate surface area is 154 Å². The van der Waals surface area contributed by atoms with Gasteiger partial charge in [-0.3, -0.25) is 10.1 Å². The highest BCUT2D eigenvalue weighted by molar-refractivity contribution is 7.89. The van der Waals surface area contributed by atoms with E-state index in [1.165, 1.54) is 16.4 Å². The Morgan fingerprint density at radius 3 is 2.50 bits per heavy atom. The summed E-state index contributed by atoms with van der Waals surface area (Å²) in [6.45, 7) is 6.30. The third-order valence-corrected chi connectivity index (χ3v) is 7.32. The van der Waals surface area contributed by atoms with Crippen molar-refractivity contribution >= 4 is 21.4 Å². The van der Waals surface area contributed by atoms with E-state index in [-0.39, 0.29) is 16.6 Å². The fourth-order valence-corrected chi connectivity index (χ4v) is 5.30. The lowest BCUT2D eigenvalue weighted by molar-refractivity contribution is -0.903. The first kappa shape index (κ1) is 19.1. The predicted octanol–water partition coefficient (Wildman–Crippen LogP) is 0.858. The van der Waals surface area contributed by atoms with Crippen LogP contribution >= 0.6 is 0 Å². The van der Waals surface area contributed by atoms with Crippen molar-refractivity contribution in [2.75, 3.05) is 38.0 Å². The summed E-state index contributed by atoms with van der Waals surface area (Å²) in [5.74, 6) is 0. The molecule has 0 aromatic heterocycles. The molecule has 2 heterocycles. The van der Waals surface area contributed by atoms with Gasteiger partial charge in [-0.2, -0.15) is 4.31 Å². The average molecular weight is 383 g/mol. The summed E-state index contributed by atoms with van der Waals surface area (Å²) in [6, 6.07) is 4.41. The van der Waals surface area contributed by atoms with E-state index in [1.54, 1.807) is 11.0 Å². The van der Waals surface area contributed by atoms with Crippen LogP contribution < -0.4 is 10.2 Å². The van der Waals surface area contributed by atoms with Crippen LogP contribution in [0.2, 0.25) is 0 Å². The van der Waals surface area contributed by atoms with Gasteiger partial charge in [-0.15, -0.1) is 0 Å². The van der Waals surface area contributed by atoms with E-state index in [4.69, 9.17) is 0 Å². The second-order valence-corrected chi connectivity index (χ2v) is 9.01. The lowest BCUT2D eigenvalue weighted by Crippen LogP contribution is -3.13. The number of hydrogen-bond donors (Lipinski definition) is 2. The number of nitrogens with one attached hydrogen (secondary N) is 2. The van der Waals surface area contributed by atoms with Crippen molar-refractivity contribution in [2.24, 2.45) is 0 Å². The van der Waals surface area contributed by atoms with E-state index in [9.17, 15) is 18.5 Å². The van der Waals surface area contributed by atoms with Crippen molar-refractivity contribution < 1.29 is 18.2 Å². The fraction of sp³-hybridized carbons (Fsp3) is 0.647. The molecule has 0 amide bonds. The van der Waals surface area contributed by atoms with E-state index < -0.39 is 14.9 Å². The monoisotopic (exact) mass is 383 g/mol. The topological polar surface area (TPSA) is 97.0 Å². The third-order valence-electron chi connectivity index (χ3n) is 5.42. The van der Waals surface area contributed by atoms with Gasteiger partial charge in [0.15, 0.2) is 0 Å². The van der Waals surface area contributed by atoms with E-state index >= 15 is 0 Å². The number of benzene rings is 1. The number of anilines is 1. The summed E-state index contributed by atoms with van der Waals surface area (Å²) in [5, 5.41) is 14.8. The van der Waals surface area contributed by atoms with Crippen molar-refractivity contribution in [2.45, 2.75) is 43.5 Å². The summed E-state index contributed by atoms with van der Waals surface area (Å²) < 4.78 is 26.7. The first-order valence-electron chi connectivity index (χ1n) is 9.30. The van der Waals surface area contributed by atoms with Crippen LogP contribution in [0.15, 0.2) is 23.1 Å². The number of rotatable bonds is 6. The van der Waals surface area contributed by atoms with Crippen molar-refractivity contribution in [1.29, 1.82) is 0 Å². The van der Waals surface area contributed by atoms with Crippen LogP contribution in [0.1, 0.15) is 32.6 Å². The number of hydrogen-bond acceptors (Lipinski definition) is 5. The summed E-state index contributed by atoms with van der Waals surface area (Å²) in [7, 11) is -3.66. The zero-order chi connectivity index (χ0) is 18.7. The Bertz CT molecular complexity index is 754. The van der Waals surface area contributed by atoms with E-state index in [0.29, 0.717) is 18.8 Å². The highest BCUT2D eigenvalue weighted by atomic mass is 32.2. The zero-order valence-corrected chi connectivity index (χ0v) is 15.9. The molecule has 3 rings (SSSR count). The molecule has 8 nitrogen and oxygen atoms in total. The number of likely N-dealkylation sites (tertiary alicyclic amines) is 1. The third kappa shape index (κ3) is 3.99. The van der Waals surface area contributed by atoms with Crippen LogP contribution in [0.4, 0.5) is 11.4 Å². The van der Waals surface area contributed by atoms with Crippen LogP contribution in [0.25, 0.3) is 0 Å². The molecule has 0 unspecified atom stereocenters. The molecule has 0 saturated carbocycles. The number of nitro groups is 1. The summed E-state index contributed by atoms with van der Waals surface area (Å²) in [6.07, 6.45) is 3.57. The molecule has 1 aromatic carbocycles. The van der Waals surface area contributed by atoms with Gasteiger partial charge in [-0.25, -0.2) is 8.42 Å². The van der Waals surface area contributed by atoms with Gasteiger partial charge in [0.2, 0.25) is 10.0 Å². The highest BCUT2D eigenvalue weighted by Gasteiger charge is 2.30. The molecular formula is C17H27N4O4S+. The molecule has 0 spiro atoms. The normalized spacial score (nSPS) is 24.5. The van der Waals surface area contributed by atoms with E-state index in [0.717, 1.165) is 45.3 Å². The molecule has 0 bridgehead atoms. The van der Waals surface area contributed by atoms with Gasteiger partial charge in [0.25, 0.3) is 5.69 Å². The Balaban J connectivity index is 1.80. The van der Waals surface area contributed by atoms with Gasteiger partial charge in [0.05, 0.1) is 29.5 Å². The predicted molar refractivity (Wildman–Crippen MR) is 99.0 cm³/mol. The van der Waals surface area contributed by atoms with E-state index in [2.05, 4.69) is 12.2 Å². The molecule has 26 heavy (non-hydrogen) atoms. The van der Waals surface area contributed by atoms with Crippen molar-refractivity contribution in [3.8, 4) is 0 Å². The molecule has 144 valence electrons. The zero-order valence-electron chi connectivity index (χ0n) is 15.1. The van der Waals surface area contributed by atoms with Crippen LogP contribution in [0.5, 0.6) is 0 Å². The Morgan fingerprint density at radius 2 is 1.92 bits per heavy atom.